The van der Waals surface area contributed by atoms with Gasteiger partial charge < -0.3 is 4.90 Å². The van der Waals surface area contributed by atoms with Crippen molar-refractivity contribution in [3.63, 3.8) is 0 Å². The second-order valence-corrected chi connectivity index (χ2v) is 5.78. The third kappa shape index (κ3) is 2.80. The Morgan fingerprint density at radius 3 is 2.79 bits per heavy atom. The Morgan fingerprint density at radius 1 is 1.29 bits per heavy atom. The van der Waals surface area contributed by atoms with E-state index in [4.69, 9.17) is 0 Å². The van der Waals surface area contributed by atoms with E-state index in [0.717, 1.165) is 5.56 Å². The van der Waals surface area contributed by atoms with Gasteiger partial charge in [0.2, 0.25) is 0 Å². The van der Waals surface area contributed by atoms with Crippen molar-refractivity contribution in [1.82, 2.24) is 24.2 Å². The average Bonchev–Trinajstić information content (AvgIpc) is 3.00. The summed E-state index contributed by atoms with van der Waals surface area (Å²) >= 11 is 0. The van der Waals surface area contributed by atoms with Crippen LogP contribution in [0.3, 0.4) is 0 Å². The smallest absolute Gasteiger partial charge is 0.264 e. The van der Waals surface area contributed by atoms with E-state index < -0.39 is 0 Å². The van der Waals surface area contributed by atoms with Crippen molar-refractivity contribution in [3.8, 4) is 0 Å². The summed E-state index contributed by atoms with van der Waals surface area (Å²) in [6.07, 6.45) is 3.08. The van der Waals surface area contributed by atoms with Gasteiger partial charge in [-0.05, 0) is 24.6 Å². The van der Waals surface area contributed by atoms with Crippen LogP contribution in [0.1, 0.15) is 22.8 Å². The molecule has 0 aliphatic rings. The van der Waals surface area contributed by atoms with E-state index in [2.05, 4.69) is 10.1 Å². The summed E-state index contributed by atoms with van der Waals surface area (Å²) in [5.41, 5.74) is 1.92. The van der Waals surface area contributed by atoms with Gasteiger partial charge in [-0.3, -0.25) is 14.2 Å². The third-order valence-corrected chi connectivity index (χ3v) is 3.85. The van der Waals surface area contributed by atoms with Gasteiger partial charge in [0.15, 0.2) is 5.65 Å². The van der Waals surface area contributed by atoms with E-state index in [1.54, 1.807) is 37.1 Å². The molecule has 0 saturated carbocycles. The van der Waals surface area contributed by atoms with Crippen LogP contribution in [0.15, 0.2) is 41.6 Å². The van der Waals surface area contributed by atoms with Crippen molar-refractivity contribution in [2.24, 2.45) is 0 Å². The largest absolute Gasteiger partial charge is 0.345 e. The number of benzene rings is 1. The molecule has 0 unspecified atom stereocenters. The molecule has 3 rings (SSSR count). The average molecular weight is 325 g/mol. The van der Waals surface area contributed by atoms with Crippen molar-refractivity contribution in [2.75, 3.05) is 14.1 Å². The lowest BCUT2D eigenvalue weighted by Gasteiger charge is -2.11. The zero-order valence-corrected chi connectivity index (χ0v) is 13.9. The first kappa shape index (κ1) is 15.9. The van der Waals surface area contributed by atoms with Gasteiger partial charge in [0.25, 0.3) is 11.5 Å². The summed E-state index contributed by atoms with van der Waals surface area (Å²) in [5.74, 6) is -0.0676. The first-order chi connectivity index (χ1) is 11.5. The second kappa shape index (κ2) is 6.27. The lowest BCUT2D eigenvalue weighted by atomic mass is 10.1. The molecule has 2 aromatic heterocycles. The van der Waals surface area contributed by atoms with Gasteiger partial charge in [0, 0.05) is 26.2 Å². The Morgan fingerprint density at radius 2 is 2.08 bits per heavy atom. The number of rotatable bonds is 4. The maximum atomic E-state index is 12.6. The van der Waals surface area contributed by atoms with E-state index in [0.29, 0.717) is 29.7 Å². The fourth-order valence-electron chi connectivity index (χ4n) is 2.60. The summed E-state index contributed by atoms with van der Waals surface area (Å²) in [6, 6.07) is 7.27. The van der Waals surface area contributed by atoms with E-state index >= 15 is 0 Å². The number of fused-ring (bicyclic) bond motifs is 1. The van der Waals surface area contributed by atoms with Gasteiger partial charge in [0.1, 0.15) is 11.7 Å². The molecule has 1 amide bonds. The van der Waals surface area contributed by atoms with Gasteiger partial charge in [0.05, 0.1) is 12.7 Å². The number of carbonyl (C=O) groups excluding carboxylic acids is 1. The fraction of sp³-hybridized carbons (Fsp3) is 0.294. The number of carbonyl (C=O) groups is 1. The van der Waals surface area contributed by atoms with Crippen LogP contribution >= 0.6 is 0 Å². The van der Waals surface area contributed by atoms with E-state index in [-0.39, 0.29) is 11.5 Å². The maximum Gasteiger partial charge on any atom is 0.264 e. The molecule has 0 saturated heterocycles. The standard InChI is InChI=1S/C17H19N5O2/c1-4-22-15-14(9-19-22)17(24)21(11-18-15)10-12-6-5-7-13(8-12)16(23)20(2)3/h5-9,11H,4,10H2,1-3H3. The van der Waals surface area contributed by atoms with Gasteiger partial charge in [-0.1, -0.05) is 12.1 Å². The Bertz CT molecular complexity index is 955. The van der Waals surface area contributed by atoms with Crippen LogP contribution in [0.4, 0.5) is 0 Å². The lowest BCUT2D eigenvalue weighted by Crippen LogP contribution is -2.23. The van der Waals surface area contributed by atoms with Gasteiger partial charge in [-0.15, -0.1) is 0 Å². The lowest BCUT2D eigenvalue weighted by molar-refractivity contribution is 0.0827. The molecule has 1 aromatic carbocycles. The Labute approximate surface area is 139 Å². The van der Waals surface area contributed by atoms with E-state index in [1.807, 2.05) is 19.1 Å². The van der Waals surface area contributed by atoms with Crippen molar-refractivity contribution in [1.29, 1.82) is 0 Å². The minimum Gasteiger partial charge on any atom is -0.345 e. The van der Waals surface area contributed by atoms with Crippen LogP contribution in [0.5, 0.6) is 0 Å². The predicted octanol–water partition coefficient (Wildman–Crippen LogP) is 1.36. The predicted molar refractivity (Wildman–Crippen MR) is 91.0 cm³/mol. The maximum absolute atomic E-state index is 12.6. The molecule has 0 radical (unpaired) electrons. The quantitative estimate of drug-likeness (QED) is 0.726. The highest BCUT2D eigenvalue weighted by molar-refractivity contribution is 5.94. The molecule has 7 nitrogen and oxygen atoms in total. The monoisotopic (exact) mass is 325 g/mol. The minimum atomic E-state index is -0.135. The molecule has 0 N–H and O–H groups in total. The molecular weight excluding hydrogens is 306 g/mol. The molecule has 7 heteroatoms. The van der Waals surface area contributed by atoms with Crippen LogP contribution < -0.4 is 5.56 Å². The molecule has 0 aliphatic heterocycles. The van der Waals surface area contributed by atoms with Crippen LogP contribution in [-0.4, -0.2) is 44.2 Å². The summed E-state index contributed by atoms with van der Waals surface area (Å²) in [7, 11) is 3.42. The fourth-order valence-corrected chi connectivity index (χ4v) is 2.60. The van der Waals surface area contributed by atoms with Crippen LogP contribution in [0.2, 0.25) is 0 Å². The summed E-state index contributed by atoms with van der Waals surface area (Å²) < 4.78 is 3.22. The summed E-state index contributed by atoms with van der Waals surface area (Å²) in [4.78, 5) is 30.5. The molecule has 24 heavy (non-hydrogen) atoms. The SMILES string of the molecule is CCn1ncc2c(=O)n(Cc3cccc(C(=O)N(C)C)c3)cnc21. The number of hydrogen-bond acceptors (Lipinski definition) is 4. The number of aromatic nitrogens is 4. The Balaban J connectivity index is 1.96. The molecule has 124 valence electrons. The zero-order valence-electron chi connectivity index (χ0n) is 13.9. The Hall–Kier alpha value is -2.96. The number of nitrogens with zero attached hydrogens (tertiary/aromatic N) is 5. The zero-order chi connectivity index (χ0) is 17.3. The highest BCUT2D eigenvalue weighted by atomic mass is 16.2. The first-order valence-corrected chi connectivity index (χ1v) is 7.72. The van der Waals surface area contributed by atoms with Crippen molar-refractivity contribution >= 4 is 16.9 Å². The highest BCUT2D eigenvalue weighted by Crippen LogP contribution is 2.10. The number of hydrogen-bond donors (Lipinski definition) is 0. The molecule has 0 bridgehead atoms. The first-order valence-electron chi connectivity index (χ1n) is 7.72. The third-order valence-electron chi connectivity index (χ3n) is 3.85. The van der Waals surface area contributed by atoms with E-state index in [1.165, 1.54) is 15.8 Å². The molecule has 0 spiro atoms. The molecular formula is C17H19N5O2. The number of amides is 1. The van der Waals surface area contributed by atoms with Gasteiger partial charge in [-0.25, -0.2) is 9.67 Å². The Kier molecular flexibility index (Phi) is 4.16. The molecule has 0 atom stereocenters. The van der Waals surface area contributed by atoms with Crippen molar-refractivity contribution in [3.05, 3.63) is 58.3 Å². The molecule has 0 aliphatic carbocycles. The van der Waals surface area contributed by atoms with E-state index in [9.17, 15) is 9.59 Å². The van der Waals surface area contributed by atoms with Crippen molar-refractivity contribution < 1.29 is 4.79 Å². The molecule has 2 heterocycles. The molecule has 3 aromatic rings. The number of aryl methyl sites for hydroxylation is 1. The van der Waals surface area contributed by atoms with Gasteiger partial charge >= 0.3 is 0 Å². The minimum absolute atomic E-state index is 0.0676. The normalized spacial score (nSPS) is 11.0. The van der Waals surface area contributed by atoms with Crippen molar-refractivity contribution in [2.45, 2.75) is 20.0 Å². The summed E-state index contributed by atoms with van der Waals surface area (Å²) in [6.45, 7) is 2.97. The summed E-state index contributed by atoms with van der Waals surface area (Å²) in [5, 5.41) is 4.67. The highest BCUT2D eigenvalue weighted by Gasteiger charge is 2.11. The second-order valence-electron chi connectivity index (χ2n) is 5.78. The van der Waals surface area contributed by atoms with Crippen LogP contribution in [0.25, 0.3) is 11.0 Å². The van der Waals surface area contributed by atoms with Crippen LogP contribution in [-0.2, 0) is 13.1 Å². The van der Waals surface area contributed by atoms with Gasteiger partial charge in [-0.2, -0.15) is 5.10 Å². The molecule has 0 fully saturated rings. The topological polar surface area (TPSA) is 73.0 Å². The van der Waals surface area contributed by atoms with Crippen LogP contribution in [0, 0.1) is 0 Å².